The van der Waals surface area contributed by atoms with Gasteiger partial charge in [0, 0.05) is 5.56 Å². The lowest BCUT2D eigenvalue weighted by atomic mass is 10.2. The minimum Gasteiger partial charge on any atom is -0.488 e. The van der Waals surface area contributed by atoms with E-state index in [9.17, 15) is 4.79 Å². The molecule has 0 spiro atoms. The van der Waals surface area contributed by atoms with Crippen molar-refractivity contribution < 1.29 is 9.53 Å². The number of aldehydes is 1. The summed E-state index contributed by atoms with van der Waals surface area (Å²) in [4.78, 5) is 10.6. The molecule has 0 fully saturated rings. The van der Waals surface area contributed by atoms with Gasteiger partial charge in [0.05, 0.1) is 15.0 Å². The third-order valence-electron chi connectivity index (χ3n) is 2.05. The molecule has 0 aliphatic heterocycles. The number of rotatable bonds is 4. The van der Waals surface area contributed by atoms with E-state index < -0.39 is 0 Å². The normalized spacial score (nSPS) is 12.3. The van der Waals surface area contributed by atoms with Crippen molar-refractivity contribution in [2.24, 2.45) is 0 Å². The fourth-order valence-electron chi connectivity index (χ4n) is 1.04. The summed E-state index contributed by atoms with van der Waals surface area (Å²) in [5.41, 5.74) is 0.616. The van der Waals surface area contributed by atoms with Crippen molar-refractivity contribution in [3.63, 3.8) is 0 Å². The van der Waals surface area contributed by atoms with Gasteiger partial charge in [-0.2, -0.15) is 0 Å². The number of carbonyl (C=O) groups is 1. The smallest absolute Gasteiger partial charge is 0.150 e. The second-order valence-electron chi connectivity index (χ2n) is 3.27. The second-order valence-corrected chi connectivity index (χ2v) is 4.98. The molecule has 0 aliphatic carbocycles. The Hall–Kier alpha value is -0.350. The van der Waals surface area contributed by atoms with Crippen LogP contribution in [-0.2, 0) is 0 Å². The van der Waals surface area contributed by atoms with Crippen LogP contribution in [0.25, 0.3) is 0 Å². The zero-order valence-electron chi connectivity index (χ0n) is 8.59. The monoisotopic (exact) mass is 334 g/mol. The lowest BCUT2D eigenvalue weighted by molar-refractivity contribution is 0.112. The predicted octanol–water partition coefficient (Wildman–Crippen LogP) is 4.20. The molecule has 0 aromatic heterocycles. The van der Waals surface area contributed by atoms with Crippen LogP contribution in [0, 0.1) is 0 Å². The minimum absolute atomic E-state index is 0.152. The standard InChI is InChI=1S/C11H12Br2O2/c1-3-7(2)15-11-9(12)4-8(6-14)5-10(11)13/h4-7H,3H2,1-2H3. The SMILES string of the molecule is CCC(C)Oc1c(Br)cc(C=O)cc1Br. The lowest BCUT2D eigenvalue weighted by Gasteiger charge is -2.15. The molecule has 0 radical (unpaired) electrons. The highest BCUT2D eigenvalue weighted by molar-refractivity contribution is 9.11. The van der Waals surface area contributed by atoms with Crippen LogP contribution in [0.5, 0.6) is 5.75 Å². The van der Waals surface area contributed by atoms with Crippen LogP contribution in [0.3, 0.4) is 0 Å². The third-order valence-corrected chi connectivity index (χ3v) is 3.23. The van der Waals surface area contributed by atoms with Gasteiger partial charge in [-0.15, -0.1) is 0 Å². The summed E-state index contributed by atoms with van der Waals surface area (Å²) in [5, 5.41) is 0. The van der Waals surface area contributed by atoms with Crippen LogP contribution in [-0.4, -0.2) is 12.4 Å². The molecule has 0 saturated heterocycles. The van der Waals surface area contributed by atoms with Crippen LogP contribution >= 0.6 is 31.9 Å². The molecular formula is C11H12Br2O2. The number of hydrogen-bond acceptors (Lipinski definition) is 2. The number of carbonyl (C=O) groups excluding carboxylic acids is 1. The van der Waals surface area contributed by atoms with Crippen LogP contribution in [0.4, 0.5) is 0 Å². The maximum absolute atomic E-state index is 10.6. The molecule has 1 aromatic rings. The third kappa shape index (κ3) is 3.31. The zero-order chi connectivity index (χ0) is 11.4. The highest BCUT2D eigenvalue weighted by Gasteiger charge is 2.11. The summed E-state index contributed by atoms with van der Waals surface area (Å²) in [5.74, 6) is 0.745. The lowest BCUT2D eigenvalue weighted by Crippen LogP contribution is -2.10. The average Bonchev–Trinajstić information content (AvgIpc) is 2.22. The fourth-order valence-corrected chi connectivity index (χ4v) is 2.45. The minimum atomic E-state index is 0.152. The molecule has 1 unspecified atom stereocenters. The van der Waals surface area contributed by atoms with Crippen LogP contribution < -0.4 is 4.74 Å². The molecular weight excluding hydrogens is 324 g/mol. The first-order chi connectivity index (χ1) is 7.08. The Morgan fingerprint density at radius 3 is 2.33 bits per heavy atom. The molecule has 15 heavy (non-hydrogen) atoms. The molecule has 1 aromatic carbocycles. The Morgan fingerprint density at radius 1 is 1.40 bits per heavy atom. The van der Waals surface area contributed by atoms with Gasteiger partial charge in [-0.05, 0) is 57.3 Å². The first kappa shape index (κ1) is 12.7. The predicted molar refractivity (Wildman–Crippen MR) is 67.6 cm³/mol. The molecule has 0 saturated carbocycles. The van der Waals surface area contributed by atoms with Gasteiger partial charge < -0.3 is 4.74 Å². The molecule has 1 rings (SSSR count). The quantitative estimate of drug-likeness (QED) is 0.771. The van der Waals surface area contributed by atoms with Crippen molar-refractivity contribution in [2.75, 3.05) is 0 Å². The molecule has 0 N–H and O–H groups in total. The summed E-state index contributed by atoms with van der Waals surface area (Å²) < 4.78 is 7.30. The largest absolute Gasteiger partial charge is 0.488 e. The fraction of sp³-hybridized carbons (Fsp3) is 0.364. The van der Waals surface area contributed by atoms with E-state index in [2.05, 4.69) is 38.8 Å². The molecule has 82 valence electrons. The Morgan fingerprint density at radius 2 is 1.93 bits per heavy atom. The number of benzene rings is 1. The number of halogens is 2. The Bertz CT molecular complexity index is 341. The van der Waals surface area contributed by atoms with Gasteiger partial charge in [0.15, 0.2) is 0 Å². The van der Waals surface area contributed by atoms with E-state index in [1.165, 1.54) is 0 Å². The molecule has 2 nitrogen and oxygen atoms in total. The molecule has 0 bridgehead atoms. The average molecular weight is 336 g/mol. The van der Waals surface area contributed by atoms with Crippen LogP contribution in [0.2, 0.25) is 0 Å². The van der Waals surface area contributed by atoms with Gasteiger partial charge in [-0.25, -0.2) is 0 Å². The molecule has 0 amide bonds. The summed E-state index contributed by atoms with van der Waals surface area (Å²) in [6.45, 7) is 4.07. The van der Waals surface area contributed by atoms with Gasteiger partial charge in [0.1, 0.15) is 12.0 Å². The maximum atomic E-state index is 10.6. The van der Waals surface area contributed by atoms with Gasteiger partial charge in [0.25, 0.3) is 0 Å². The summed E-state index contributed by atoms with van der Waals surface area (Å²) >= 11 is 6.77. The second kappa shape index (κ2) is 5.66. The topological polar surface area (TPSA) is 26.3 Å². The van der Waals surface area contributed by atoms with Crippen molar-refractivity contribution in [1.29, 1.82) is 0 Å². The van der Waals surface area contributed by atoms with E-state index in [0.717, 1.165) is 27.4 Å². The van der Waals surface area contributed by atoms with Crippen molar-refractivity contribution >= 4 is 38.1 Å². The first-order valence-electron chi connectivity index (χ1n) is 4.69. The Labute approximate surface area is 106 Å². The Balaban J connectivity index is 3.02. The summed E-state index contributed by atoms with van der Waals surface area (Å²) in [6, 6.07) is 3.49. The summed E-state index contributed by atoms with van der Waals surface area (Å²) in [7, 11) is 0. The van der Waals surface area contributed by atoms with E-state index in [4.69, 9.17) is 4.74 Å². The van der Waals surface area contributed by atoms with E-state index >= 15 is 0 Å². The molecule has 0 aliphatic rings. The van der Waals surface area contributed by atoms with Gasteiger partial charge in [-0.3, -0.25) is 4.79 Å². The van der Waals surface area contributed by atoms with Crippen molar-refractivity contribution in [3.8, 4) is 5.75 Å². The first-order valence-corrected chi connectivity index (χ1v) is 6.28. The summed E-state index contributed by atoms with van der Waals surface area (Å²) in [6.07, 6.45) is 1.90. The van der Waals surface area contributed by atoms with Gasteiger partial charge in [0.2, 0.25) is 0 Å². The van der Waals surface area contributed by atoms with E-state index in [1.807, 2.05) is 6.92 Å². The van der Waals surface area contributed by atoms with E-state index in [-0.39, 0.29) is 6.10 Å². The zero-order valence-corrected chi connectivity index (χ0v) is 11.8. The van der Waals surface area contributed by atoms with Crippen molar-refractivity contribution in [2.45, 2.75) is 26.4 Å². The van der Waals surface area contributed by atoms with E-state index in [0.29, 0.717) is 5.56 Å². The van der Waals surface area contributed by atoms with Crippen molar-refractivity contribution in [3.05, 3.63) is 26.6 Å². The van der Waals surface area contributed by atoms with Crippen LogP contribution in [0.15, 0.2) is 21.1 Å². The van der Waals surface area contributed by atoms with Gasteiger partial charge in [-0.1, -0.05) is 6.92 Å². The molecule has 4 heteroatoms. The van der Waals surface area contributed by atoms with Crippen molar-refractivity contribution in [1.82, 2.24) is 0 Å². The Kier molecular flexibility index (Phi) is 4.80. The van der Waals surface area contributed by atoms with E-state index in [1.54, 1.807) is 12.1 Å². The van der Waals surface area contributed by atoms with Crippen LogP contribution in [0.1, 0.15) is 30.6 Å². The number of ether oxygens (including phenoxy) is 1. The highest BCUT2D eigenvalue weighted by atomic mass is 79.9. The number of hydrogen-bond donors (Lipinski definition) is 0. The molecule has 1 atom stereocenters. The molecule has 0 heterocycles. The highest BCUT2D eigenvalue weighted by Crippen LogP contribution is 2.35. The van der Waals surface area contributed by atoms with Gasteiger partial charge >= 0.3 is 0 Å². The maximum Gasteiger partial charge on any atom is 0.150 e.